The van der Waals surface area contributed by atoms with Crippen molar-refractivity contribution in [2.24, 2.45) is 0 Å². The number of aromatic nitrogens is 1. The van der Waals surface area contributed by atoms with Gasteiger partial charge in [-0.1, -0.05) is 0 Å². The molecule has 0 spiro atoms. The van der Waals surface area contributed by atoms with Crippen molar-refractivity contribution in [2.45, 2.75) is 32.5 Å². The van der Waals surface area contributed by atoms with E-state index in [-0.39, 0.29) is 6.61 Å². The standard InChI is InChI=1S/C20H23NO7/c1-11(22)28-15(20(2,3)23)10-27-14-7-6-12-16(18(14)25-5)21-19-13(8-9-26-19)17(12)24-4/h6-9,15,23H,10H2,1-5H3/t15-/m0/s1. The summed E-state index contributed by atoms with van der Waals surface area (Å²) in [5.41, 5.74) is -0.363. The fourth-order valence-electron chi connectivity index (χ4n) is 2.93. The van der Waals surface area contributed by atoms with Crippen molar-refractivity contribution in [3.63, 3.8) is 0 Å². The number of carbonyl (C=O) groups is 1. The maximum Gasteiger partial charge on any atom is 0.303 e. The maximum absolute atomic E-state index is 11.3. The molecule has 0 aliphatic rings. The molecule has 0 aliphatic heterocycles. The highest BCUT2D eigenvalue weighted by atomic mass is 16.6. The monoisotopic (exact) mass is 389 g/mol. The summed E-state index contributed by atoms with van der Waals surface area (Å²) in [5.74, 6) is 0.879. The van der Waals surface area contributed by atoms with Crippen LogP contribution in [-0.2, 0) is 9.53 Å². The minimum atomic E-state index is -1.28. The lowest BCUT2D eigenvalue weighted by atomic mass is 10.0. The van der Waals surface area contributed by atoms with Gasteiger partial charge in [-0.05, 0) is 32.0 Å². The Morgan fingerprint density at radius 2 is 1.89 bits per heavy atom. The summed E-state index contributed by atoms with van der Waals surface area (Å²) in [5, 5.41) is 11.7. The first-order valence-corrected chi connectivity index (χ1v) is 8.70. The normalized spacial score (nSPS) is 12.8. The predicted octanol–water partition coefficient (Wildman–Crippen LogP) is 3.08. The number of aliphatic hydroxyl groups is 1. The molecule has 0 radical (unpaired) electrons. The summed E-state index contributed by atoms with van der Waals surface area (Å²) < 4.78 is 27.5. The van der Waals surface area contributed by atoms with Crippen LogP contribution in [0.4, 0.5) is 0 Å². The van der Waals surface area contributed by atoms with E-state index in [9.17, 15) is 9.90 Å². The van der Waals surface area contributed by atoms with Gasteiger partial charge in [-0.2, -0.15) is 0 Å². The minimum Gasteiger partial charge on any atom is -0.495 e. The summed E-state index contributed by atoms with van der Waals surface area (Å²) in [4.78, 5) is 15.8. The zero-order valence-electron chi connectivity index (χ0n) is 16.4. The van der Waals surface area contributed by atoms with Crippen LogP contribution in [0.3, 0.4) is 0 Å². The number of hydrogen-bond acceptors (Lipinski definition) is 8. The third kappa shape index (κ3) is 3.68. The largest absolute Gasteiger partial charge is 0.495 e. The molecule has 0 aliphatic carbocycles. The predicted molar refractivity (Wildman–Crippen MR) is 102 cm³/mol. The second-order valence-electron chi connectivity index (χ2n) is 6.84. The average molecular weight is 389 g/mol. The molecule has 0 unspecified atom stereocenters. The molecule has 0 saturated heterocycles. The lowest BCUT2D eigenvalue weighted by Gasteiger charge is -2.28. The number of rotatable bonds is 7. The quantitative estimate of drug-likeness (QED) is 0.616. The molecule has 8 nitrogen and oxygen atoms in total. The van der Waals surface area contributed by atoms with E-state index in [1.165, 1.54) is 20.3 Å². The molecule has 0 amide bonds. The van der Waals surface area contributed by atoms with Crippen molar-refractivity contribution in [2.75, 3.05) is 20.8 Å². The fraction of sp³-hybridized carbons (Fsp3) is 0.400. The van der Waals surface area contributed by atoms with Crippen LogP contribution in [0.5, 0.6) is 17.2 Å². The zero-order valence-corrected chi connectivity index (χ0v) is 16.4. The van der Waals surface area contributed by atoms with Gasteiger partial charge < -0.3 is 28.5 Å². The molecular weight excluding hydrogens is 366 g/mol. The number of nitrogens with zero attached hydrogens (tertiary/aromatic N) is 1. The first-order valence-electron chi connectivity index (χ1n) is 8.70. The highest BCUT2D eigenvalue weighted by molar-refractivity contribution is 6.02. The second-order valence-corrected chi connectivity index (χ2v) is 6.84. The summed E-state index contributed by atoms with van der Waals surface area (Å²) in [6, 6.07) is 5.30. The molecule has 2 aromatic heterocycles. The van der Waals surface area contributed by atoms with Crippen LogP contribution in [0, 0.1) is 0 Å². The van der Waals surface area contributed by atoms with Gasteiger partial charge in [0.05, 0.1) is 31.5 Å². The fourth-order valence-corrected chi connectivity index (χ4v) is 2.93. The Hall–Kier alpha value is -3.00. The third-order valence-electron chi connectivity index (χ3n) is 4.34. The number of fused-ring (bicyclic) bond motifs is 2. The molecule has 2 heterocycles. The van der Waals surface area contributed by atoms with Crippen LogP contribution in [-0.4, -0.2) is 48.6 Å². The van der Waals surface area contributed by atoms with E-state index in [0.29, 0.717) is 28.5 Å². The second kappa shape index (κ2) is 7.55. The number of pyridine rings is 1. The van der Waals surface area contributed by atoms with Crippen molar-refractivity contribution in [3.05, 3.63) is 24.5 Å². The van der Waals surface area contributed by atoms with Crippen molar-refractivity contribution in [1.82, 2.24) is 4.98 Å². The Morgan fingerprint density at radius 1 is 1.18 bits per heavy atom. The van der Waals surface area contributed by atoms with Gasteiger partial charge in [0.15, 0.2) is 17.6 Å². The smallest absolute Gasteiger partial charge is 0.303 e. The summed E-state index contributed by atoms with van der Waals surface area (Å²) in [6.45, 7) is 4.30. The molecule has 3 aromatic rings. The van der Waals surface area contributed by atoms with Crippen LogP contribution in [0.1, 0.15) is 20.8 Å². The summed E-state index contributed by atoms with van der Waals surface area (Å²) in [6.07, 6.45) is 0.677. The van der Waals surface area contributed by atoms with Gasteiger partial charge in [0.1, 0.15) is 17.9 Å². The van der Waals surface area contributed by atoms with Crippen molar-refractivity contribution < 1.29 is 33.3 Å². The van der Waals surface area contributed by atoms with Gasteiger partial charge in [0.25, 0.3) is 0 Å². The average Bonchev–Trinajstić information content (AvgIpc) is 3.09. The first-order chi connectivity index (χ1) is 13.3. The van der Waals surface area contributed by atoms with Gasteiger partial charge in [-0.25, -0.2) is 4.98 Å². The Morgan fingerprint density at radius 3 is 2.50 bits per heavy atom. The Bertz CT molecular complexity index is 1000. The third-order valence-corrected chi connectivity index (χ3v) is 4.34. The number of esters is 1. The molecule has 8 heteroatoms. The number of benzene rings is 1. The molecule has 3 rings (SSSR count). The van der Waals surface area contributed by atoms with Gasteiger partial charge in [0.2, 0.25) is 5.71 Å². The lowest BCUT2D eigenvalue weighted by molar-refractivity contribution is -0.162. The van der Waals surface area contributed by atoms with E-state index in [4.69, 9.17) is 23.4 Å². The minimum absolute atomic E-state index is 0.0644. The lowest BCUT2D eigenvalue weighted by Crippen LogP contribution is -2.43. The highest BCUT2D eigenvalue weighted by Gasteiger charge is 2.31. The molecule has 28 heavy (non-hydrogen) atoms. The number of methoxy groups -OCH3 is 2. The van der Waals surface area contributed by atoms with Crippen LogP contribution < -0.4 is 14.2 Å². The number of ether oxygens (including phenoxy) is 4. The van der Waals surface area contributed by atoms with E-state index >= 15 is 0 Å². The van der Waals surface area contributed by atoms with E-state index in [0.717, 1.165) is 10.8 Å². The van der Waals surface area contributed by atoms with Crippen molar-refractivity contribution >= 4 is 28.0 Å². The Kier molecular flexibility index (Phi) is 5.33. The van der Waals surface area contributed by atoms with Crippen LogP contribution in [0.25, 0.3) is 22.0 Å². The molecule has 1 N–H and O–H groups in total. The van der Waals surface area contributed by atoms with Gasteiger partial charge in [-0.15, -0.1) is 0 Å². The number of furan rings is 1. The molecule has 1 aromatic carbocycles. The highest BCUT2D eigenvalue weighted by Crippen LogP contribution is 2.41. The van der Waals surface area contributed by atoms with E-state index in [2.05, 4.69) is 4.98 Å². The number of hydrogen-bond donors (Lipinski definition) is 1. The van der Waals surface area contributed by atoms with Crippen LogP contribution in [0.15, 0.2) is 28.9 Å². The van der Waals surface area contributed by atoms with E-state index in [1.807, 2.05) is 0 Å². The van der Waals surface area contributed by atoms with Crippen LogP contribution >= 0.6 is 0 Å². The maximum atomic E-state index is 11.3. The molecular formula is C20H23NO7. The topological polar surface area (TPSA) is 100 Å². The van der Waals surface area contributed by atoms with Gasteiger partial charge in [-0.3, -0.25) is 4.79 Å². The number of carbonyl (C=O) groups excluding carboxylic acids is 1. The van der Waals surface area contributed by atoms with Gasteiger partial charge in [0, 0.05) is 12.3 Å². The Balaban J connectivity index is 2.02. The first kappa shape index (κ1) is 19.8. The summed E-state index contributed by atoms with van der Waals surface area (Å²) in [7, 11) is 3.08. The molecule has 0 saturated carbocycles. The molecule has 1 atom stereocenters. The van der Waals surface area contributed by atoms with Gasteiger partial charge >= 0.3 is 5.97 Å². The van der Waals surface area contributed by atoms with E-state index in [1.54, 1.807) is 39.2 Å². The van der Waals surface area contributed by atoms with E-state index < -0.39 is 17.7 Å². The molecule has 150 valence electrons. The van der Waals surface area contributed by atoms with Crippen molar-refractivity contribution in [3.8, 4) is 17.2 Å². The zero-order chi connectivity index (χ0) is 20.5. The van der Waals surface area contributed by atoms with Crippen LogP contribution in [0.2, 0.25) is 0 Å². The molecule has 0 fully saturated rings. The SMILES string of the molecule is COc1c2ccoc2nc2c(OC)c(OC[C@H](OC(C)=O)C(C)(C)O)ccc12. The molecule has 0 bridgehead atoms. The summed E-state index contributed by atoms with van der Waals surface area (Å²) >= 11 is 0. The van der Waals surface area contributed by atoms with Crippen molar-refractivity contribution in [1.29, 1.82) is 0 Å². The Labute approximate surface area is 162 Å².